The van der Waals surface area contributed by atoms with Crippen LogP contribution in [0.2, 0.25) is 0 Å². The molecule has 4 heteroatoms. The van der Waals surface area contributed by atoms with Crippen molar-refractivity contribution in [1.82, 2.24) is 0 Å². The Balaban J connectivity index is 1.98. The smallest absolute Gasteiger partial charge is 0.193 e. The molecule has 4 aliphatic carbocycles. The van der Waals surface area contributed by atoms with E-state index in [1.807, 2.05) is 0 Å². The third-order valence-electron chi connectivity index (χ3n) is 4.48. The predicted octanol–water partition coefficient (Wildman–Crippen LogP) is 3.93. The second kappa shape index (κ2) is 2.16. The van der Waals surface area contributed by atoms with Crippen LogP contribution in [-0.2, 0) is 0 Å². The number of alkyl halides is 4. The minimum absolute atomic E-state index is 0.0997. The van der Waals surface area contributed by atoms with E-state index in [0.717, 1.165) is 19.3 Å². The van der Waals surface area contributed by atoms with Gasteiger partial charge in [-0.2, -0.15) is 8.78 Å². The second-order valence-corrected chi connectivity index (χ2v) is 7.15. The topological polar surface area (TPSA) is 0 Å². The number of hydrogen-bond acceptors (Lipinski definition) is 0. The highest BCUT2D eigenvalue weighted by Crippen LogP contribution is 2.87. The molecule has 0 amide bonds. The molecule has 4 saturated carbocycles. The minimum Gasteiger partial charge on any atom is -0.193 e. The Morgan fingerprint density at radius 2 is 1.77 bits per heavy atom. The molecule has 0 aromatic rings. The molecule has 0 nitrogen and oxygen atoms in total. The lowest BCUT2D eigenvalue weighted by molar-refractivity contribution is -0.321. The van der Waals surface area contributed by atoms with Gasteiger partial charge in [0, 0.05) is 4.32 Å². The van der Waals surface area contributed by atoms with Gasteiger partial charge in [0.2, 0.25) is 0 Å². The van der Waals surface area contributed by atoms with Crippen LogP contribution in [0.1, 0.15) is 25.7 Å². The van der Waals surface area contributed by atoms with Crippen LogP contribution in [0.15, 0.2) is 0 Å². The van der Waals surface area contributed by atoms with Crippen molar-refractivity contribution in [2.45, 2.75) is 34.8 Å². The quantitative estimate of drug-likeness (QED) is 0.643. The molecule has 0 aromatic carbocycles. The first-order chi connectivity index (χ1) is 5.93. The maximum atomic E-state index is 13.4. The molecule has 13 heavy (non-hydrogen) atoms. The van der Waals surface area contributed by atoms with Crippen LogP contribution < -0.4 is 0 Å². The molecule has 0 heterocycles. The minimum atomic E-state index is -2.65. The van der Waals surface area contributed by atoms with Crippen LogP contribution in [0.4, 0.5) is 8.78 Å². The molecule has 4 aliphatic rings. The molecule has 4 bridgehead atoms. The van der Waals surface area contributed by atoms with Crippen LogP contribution in [-0.4, -0.2) is 9.16 Å². The Kier molecular flexibility index (Phi) is 1.51. The van der Waals surface area contributed by atoms with E-state index in [4.69, 9.17) is 0 Å². The Bertz CT molecular complexity index is 259. The zero-order valence-corrected chi connectivity index (χ0v) is 10.2. The molecule has 2 unspecified atom stereocenters. The summed E-state index contributed by atoms with van der Waals surface area (Å²) in [5, 5.41) is 0. The standard InChI is InChI=1S/C9H10Br2F2/c10-8-4-7(9(11,12)13)5(8)2-1-3-6(7)8/h5-6H,1-4H2. The van der Waals surface area contributed by atoms with Gasteiger partial charge in [0.15, 0.2) is 0 Å². The number of rotatable bonds is 1. The van der Waals surface area contributed by atoms with E-state index in [2.05, 4.69) is 31.9 Å². The highest BCUT2D eigenvalue weighted by Gasteiger charge is 2.88. The average Bonchev–Trinajstić information content (AvgIpc) is 1.99. The van der Waals surface area contributed by atoms with E-state index in [9.17, 15) is 8.78 Å². The molecular weight excluding hydrogens is 306 g/mol. The van der Waals surface area contributed by atoms with Gasteiger partial charge < -0.3 is 0 Å². The lowest BCUT2D eigenvalue weighted by atomic mass is 9.28. The summed E-state index contributed by atoms with van der Waals surface area (Å²) in [7, 11) is 0. The fraction of sp³-hybridized carbons (Fsp3) is 1.00. The molecule has 74 valence electrons. The molecule has 0 aliphatic heterocycles. The first-order valence-electron chi connectivity index (χ1n) is 4.68. The molecule has 0 aromatic heterocycles. The summed E-state index contributed by atoms with van der Waals surface area (Å²) >= 11 is 6.22. The number of halogens is 4. The SMILES string of the molecule is FC(F)(Br)C12CC3(Br)C1CCCC32. The van der Waals surface area contributed by atoms with Gasteiger partial charge in [0.05, 0.1) is 5.41 Å². The number of hydrogen-bond donors (Lipinski definition) is 0. The first kappa shape index (κ1) is 9.08. The summed E-state index contributed by atoms with van der Waals surface area (Å²) in [5.41, 5.74) is -0.686. The van der Waals surface area contributed by atoms with Gasteiger partial charge in [-0.25, -0.2) is 0 Å². The Labute approximate surface area is 92.7 Å². The summed E-state index contributed by atoms with van der Waals surface area (Å²) in [4.78, 5) is -2.65. The Hall–Kier alpha value is 0.820. The van der Waals surface area contributed by atoms with Crippen molar-refractivity contribution in [1.29, 1.82) is 0 Å². The molecule has 4 rings (SSSR count). The van der Waals surface area contributed by atoms with Gasteiger partial charge in [0.1, 0.15) is 0 Å². The van der Waals surface area contributed by atoms with E-state index in [0.29, 0.717) is 6.42 Å². The van der Waals surface area contributed by atoms with E-state index < -0.39 is 10.2 Å². The van der Waals surface area contributed by atoms with Crippen molar-refractivity contribution in [2.75, 3.05) is 0 Å². The van der Waals surface area contributed by atoms with Crippen LogP contribution in [0, 0.1) is 17.3 Å². The monoisotopic (exact) mass is 314 g/mol. The zero-order valence-electron chi connectivity index (χ0n) is 6.99. The molecule has 0 saturated heterocycles. The predicted molar refractivity (Wildman–Crippen MR) is 53.4 cm³/mol. The van der Waals surface area contributed by atoms with Crippen molar-refractivity contribution < 1.29 is 8.78 Å². The van der Waals surface area contributed by atoms with Gasteiger partial charge in [-0.15, -0.1) is 0 Å². The van der Waals surface area contributed by atoms with Crippen LogP contribution >= 0.6 is 31.9 Å². The lowest BCUT2D eigenvalue weighted by Gasteiger charge is -2.82. The van der Waals surface area contributed by atoms with Crippen LogP contribution in [0.25, 0.3) is 0 Å². The third kappa shape index (κ3) is 0.715. The van der Waals surface area contributed by atoms with E-state index in [-0.39, 0.29) is 16.2 Å². The van der Waals surface area contributed by atoms with Gasteiger partial charge in [-0.3, -0.25) is 0 Å². The lowest BCUT2D eigenvalue weighted by Crippen LogP contribution is -2.85. The maximum Gasteiger partial charge on any atom is 0.307 e. The van der Waals surface area contributed by atoms with E-state index in [1.54, 1.807) is 0 Å². The van der Waals surface area contributed by atoms with Gasteiger partial charge in [-0.1, -0.05) is 22.4 Å². The molecule has 0 radical (unpaired) electrons. The second-order valence-electron chi connectivity index (χ2n) is 4.68. The van der Waals surface area contributed by atoms with Gasteiger partial charge in [-0.05, 0) is 47.0 Å². The summed E-state index contributed by atoms with van der Waals surface area (Å²) in [5.74, 6) is 0.432. The maximum absolute atomic E-state index is 13.4. The largest absolute Gasteiger partial charge is 0.307 e. The molecule has 2 atom stereocenters. The van der Waals surface area contributed by atoms with Gasteiger partial charge in [0.25, 0.3) is 0 Å². The van der Waals surface area contributed by atoms with Crippen molar-refractivity contribution in [3.8, 4) is 0 Å². The highest BCUT2D eigenvalue weighted by atomic mass is 79.9. The third-order valence-corrected chi connectivity index (χ3v) is 6.60. The summed E-state index contributed by atoms with van der Waals surface area (Å²) in [6, 6.07) is 0. The fourth-order valence-electron chi connectivity index (χ4n) is 3.94. The Morgan fingerprint density at radius 1 is 1.23 bits per heavy atom. The van der Waals surface area contributed by atoms with Crippen molar-refractivity contribution in [2.24, 2.45) is 17.3 Å². The Morgan fingerprint density at radius 3 is 2.08 bits per heavy atom. The molecular formula is C9H10Br2F2. The molecule has 0 N–H and O–H groups in total. The molecule has 4 fully saturated rings. The van der Waals surface area contributed by atoms with Gasteiger partial charge >= 0.3 is 4.83 Å². The van der Waals surface area contributed by atoms with Crippen molar-refractivity contribution in [3.05, 3.63) is 0 Å². The normalized spacial score (nSPS) is 58.2. The zero-order chi connectivity index (χ0) is 9.48. The van der Waals surface area contributed by atoms with Crippen molar-refractivity contribution >= 4 is 31.9 Å². The average molecular weight is 316 g/mol. The summed E-state index contributed by atoms with van der Waals surface area (Å²) in [6.45, 7) is 0. The van der Waals surface area contributed by atoms with E-state index >= 15 is 0 Å². The fourth-order valence-corrected chi connectivity index (χ4v) is 6.37. The summed E-state index contributed by atoms with van der Waals surface area (Å²) < 4.78 is 26.9. The first-order valence-corrected chi connectivity index (χ1v) is 6.27. The van der Waals surface area contributed by atoms with Crippen LogP contribution in [0.3, 0.4) is 0 Å². The van der Waals surface area contributed by atoms with Crippen LogP contribution in [0.5, 0.6) is 0 Å². The molecule has 0 spiro atoms. The highest BCUT2D eigenvalue weighted by molar-refractivity contribution is 9.10. The van der Waals surface area contributed by atoms with E-state index in [1.165, 1.54) is 0 Å². The van der Waals surface area contributed by atoms with Crippen molar-refractivity contribution in [3.63, 3.8) is 0 Å². The summed E-state index contributed by atoms with van der Waals surface area (Å²) in [6.07, 6.45) is 3.74.